The maximum atomic E-state index is 11.7. The van der Waals surface area contributed by atoms with Crippen LogP contribution in [-0.4, -0.2) is 38.5 Å². The van der Waals surface area contributed by atoms with Crippen LogP contribution in [0.15, 0.2) is 0 Å². The third kappa shape index (κ3) is 11.4. The fourth-order valence-electron chi connectivity index (χ4n) is 0.842. The van der Waals surface area contributed by atoms with Crippen molar-refractivity contribution in [2.24, 2.45) is 0 Å². The van der Waals surface area contributed by atoms with Crippen LogP contribution < -0.4 is 14.1 Å². The zero-order valence-corrected chi connectivity index (χ0v) is 21.5. The van der Waals surface area contributed by atoms with E-state index in [1.165, 1.54) is 0 Å². The number of halogens is 2. The Balaban J connectivity index is 4.97. The minimum atomic E-state index is -2.16. The maximum absolute atomic E-state index is 11.7. The quantitative estimate of drug-likeness (QED) is 0.153. The van der Waals surface area contributed by atoms with E-state index >= 15 is 0 Å². The molecule has 4 N–H and O–H groups in total. The van der Waals surface area contributed by atoms with Gasteiger partial charge >= 0.3 is 157 Å². The summed E-state index contributed by atoms with van der Waals surface area (Å²) in [5, 5.41) is 0. The van der Waals surface area contributed by atoms with E-state index in [1.807, 2.05) is 0 Å². The first kappa shape index (κ1) is 23.2. The van der Waals surface area contributed by atoms with Crippen molar-refractivity contribution in [3.8, 4) is 0 Å². The van der Waals surface area contributed by atoms with Gasteiger partial charge in [0.15, 0.2) is 0 Å². The molecule has 0 aromatic rings. The molecule has 11 heteroatoms. The zero-order valence-electron chi connectivity index (χ0n) is 13.7. The fourth-order valence-corrected chi connectivity index (χ4v) is 65.1. The van der Waals surface area contributed by atoms with Crippen LogP contribution in [0.25, 0.3) is 0 Å². The molecule has 0 fully saturated rings. The predicted octanol–water partition coefficient (Wildman–Crippen LogP) is 1.30. The number of hydrogen-bond donors (Lipinski definition) is 4. The number of hydrogen-bond acceptors (Lipinski definition) is 4. The summed E-state index contributed by atoms with van der Waals surface area (Å²) in [4.78, 5) is 46.7. The zero-order chi connectivity index (χ0) is 17.8. The van der Waals surface area contributed by atoms with Gasteiger partial charge in [-0.25, -0.2) is 0 Å². The van der Waals surface area contributed by atoms with Crippen LogP contribution in [0.2, 0.25) is 0 Å². The van der Waals surface area contributed by atoms with Crippen LogP contribution in [0.4, 0.5) is 0 Å². The molecule has 0 saturated heterocycles. The van der Waals surface area contributed by atoms with Crippen molar-refractivity contribution in [2.75, 3.05) is 0 Å². The summed E-state index contributed by atoms with van der Waals surface area (Å²) in [7, 11) is 0. The van der Waals surface area contributed by atoms with Gasteiger partial charge in [-0.05, 0) is 0 Å². The normalized spacial score (nSPS) is 11.1. The van der Waals surface area contributed by atoms with Gasteiger partial charge in [-0.1, -0.05) is 0 Å². The summed E-state index contributed by atoms with van der Waals surface area (Å²) >= 11 is -5.74. The Morgan fingerprint density at radius 1 is 0.609 bits per heavy atom. The molecule has 135 valence electrons. The molecule has 0 heterocycles. The van der Waals surface area contributed by atoms with Crippen molar-refractivity contribution in [3.63, 3.8) is 0 Å². The van der Waals surface area contributed by atoms with E-state index in [-0.39, 0.29) is 23.6 Å². The Hall–Kier alpha value is 0.223. The number of carbonyl (C=O) groups excluding carboxylic acids is 4. The van der Waals surface area contributed by atoms with Gasteiger partial charge in [0.05, 0.1) is 0 Å². The van der Waals surface area contributed by atoms with Crippen LogP contribution in [0, 0.1) is 0 Å². The van der Waals surface area contributed by atoms with Gasteiger partial charge in [0.1, 0.15) is 0 Å². The van der Waals surface area contributed by atoms with Gasteiger partial charge in [-0.3, -0.25) is 0 Å². The SMILES string of the molecule is CCC(=O)N[I](NC(=O)CC)[Bi][I](NC(=O)CC)NC(=O)CC. The van der Waals surface area contributed by atoms with Gasteiger partial charge in [-0.2, -0.15) is 0 Å². The van der Waals surface area contributed by atoms with Gasteiger partial charge in [0.2, 0.25) is 0 Å². The summed E-state index contributed by atoms with van der Waals surface area (Å²) in [6.07, 6.45) is 1.42. The molecular formula is C12H24BiI2N4O4. The van der Waals surface area contributed by atoms with Crippen molar-refractivity contribution in [1.82, 2.24) is 14.1 Å². The topological polar surface area (TPSA) is 116 Å². The van der Waals surface area contributed by atoms with Crippen LogP contribution in [0.3, 0.4) is 0 Å². The van der Waals surface area contributed by atoms with E-state index in [0.29, 0.717) is 25.7 Å². The molecule has 4 amide bonds. The first-order valence-electron chi connectivity index (χ1n) is 7.15. The van der Waals surface area contributed by atoms with E-state index in [2.05, 4.69) is 14.1 Å². The third-order valence-electron chi connectivity index (χ3n) is 2.19. The van der Waals surface area contributed by atoms with E-state index in [0.717, 1.165) is 0 Å². The average molecular weight is 751 g/mol. The fraction of sp³-hybridized carbons (Fsp3) is 0.667. The van der Waals surface area contributed by atoms with E-state index in [4.69, 9.17) is 0 Å². The first-order valence-corrected chi connectivity index (χ1v) is 31.0. The molecule has 1 radical (unpaired) electrons. The molecule has 0 spiro atoms. The van der Waals surface area contributed by atoms with Gasteiger partial charge in [0.25, 0.3) is 0 Å². The van der Waals surface area contributed by atoms with Crippen molar-refractivity contribution in [1.29, 1.82) is 0 Å². The van der Waals surface area contributed by atoms with Crippen LogP contribution in [0.1, 0.15) is 53.4 Å². The Kier molecular flexibility index (Phi) is 13.6. The Bertz CT molecular complexity index is 365. The monoisotopic (exact) mass is 751 g/mol. The summed E-state index contributed by atoms with van der Waals surface area (Å²) in [6.45, 7) is 7.02. The number of rotatable bonds is 10. The molecule has 0 aliphatic heterocycles. The molecule has 0 unspecified atom stereocenters. The predicted molar refractivity (Wildman–Crippen MR) is 108 cm³/mol. The van der Waals surface area contributed by atoms with E-state index in [9.17, 15) is 19.2 Å². The summed E-state index contributed by atoms with van der Waals surface area (Å²) in [5.74, 6) is -0.353. The minimum absolute atomic E-state index is 0.0881. The molecular weight excluding hydrogens is 727 g/mol. The molecule has 0 aromatic carbocycles. The summed E-state index contributed by atoms with van der Waals surface area (Å²) < 4.78 is 11.8. The Labute approximate surface area is 155 Å². The van der Waals surface area contributed by atoms with Gasteiger partial charge in [-0.15, -0.1) is 0 Å². The molecule has 0 bridgehead atoms. The molecule has 0 atom stereocenters. The van der Waals surface area contributed by atoms with Crippen molar-refractivity contribution < 1.29 is 19.2 Å². The van der Waals surface area contributed by atoms with Gasteiger partial charge in [0, 0.05) is 0 Å². The summed E-state index contributed by atoms with van der Waals surface area (Å²) in [6, 6.07) is 0. The number of carbonyl (C=O) groups is 4. The van der Waals surface area contributed by atoms with Crippen molar-refractivity contribution in [2.45, 2.75) is 53.4 Å². The molecule has 0 rings (SSSR count). The first-order chi connectivity index (χ1) is 10.9. The second-order valence-electron chi connectivity index (χ2n) is 4.08. The molecule has 0 saturated carbocycles. The van der Waals surface area contributed by atoms with E-state index in [1.54, 1.807) is 27.7 Å². The van der Waals surface area contributed by atoms with Crippen LogP contribution in [0.5, 0.6) is 0 Å². The number of nitrogens with one attached hydrogen (secondary N) is 4. The Morgan fingerprint density at radius 2 is 0.826 bits per heavy atom. The number of amides is 4. The average Bonchev–Trinajstić information content (AvgIpc) is 2.53. The Morgan fingerprint density at radius 3 is 1.00 bits per heavy atom. The standard InChI is InChI=1S/2C6H11IN2O2.Bi/c2*1-3-5(10)8-7-9-6(11)4-2;/h2*3-4H2,1-2H3,(H-,8,9,10,11);/q;;-2/p+2. The van der Waals surface area contributed by atoms with Crippen LogP contribution in [-0.2, 0) is 19.2 Å². The molecule has 8 nitrogen and oxygen atoms in total. The second-order valence-corrected chi connectivity index (χ2v) is 52.0. The second kappa shape index (κ2) is 13.5. The summed E-state index contributed by atoms with van der Waals surface area (Å²) in [5.41, 5.74) is 0. The van der Waals surface area contributed by atoms with Crippen molar-refractivity contribution in [3.05, 3.63) is 0 Å². The van der Waals surface area contributed by atoms with E-state index < -0.39 is 46.5 Å². The van der Waals surface area contributed by atoms with Gasteiger partial charge < -0.3 is 0 Å². The van der Waals surface area contributed by atoms with Crippen LogP contribution >= 0.6 is 31.6 Å². The molecule has 23 heavy (non-hydrogen) atoms. The molecule has 0 aliphatic rings. The molecule has 0 aliphatic carbocycles. The third-order valence-corrected chi connectivity index (χ3v) is 65.8. The van der Waals surface area contributed by atoms with Crippen molar-refractivity contribution >= 4 is 70.1 Å². The molecule has 0 aromatic heterocycles.